The van der Waals surface area contributed by atoms with E-state index < -0.39 is 0 Å². The maximum Gasteiger partial charge on any atom is 0.101 e. The van der Waals surface area contributed by atoms with Gasteiger partial charge in [0.05, 0.1) is 5.57 Å². The quantitative estimate of drug-likeness (QED) is 0.500. The summed E-state index contributed by atoms with van der Waals surface area (Å²) >= 11 is 0. The van der Waals surface area contributed by atoms with E-state index >= 15 is 0 Å². The molecule has 110 valence electrons. The van der Waals surface area contributed by atoms with Gasteiger partial charge >= 0.3 is 0 Å². The molecule has 0 atom stereocenters. The fraction of sp³-hybridized carbons (Fsp3) is 0.105. The van der Waals surface area contributed by atoms with E-state index in [4.69, 9.17) is 5.73 Å². The molecule has 0 radical (unpaired) electrons. The maximum absolute atomic E-state index is 9.33. The summed E-state index contributed by atoms with van der Waals surface area (Å²) in [6.45, 7) is 6.53. The van der Waals surface area contributed by atoms with Gasteiger partial charge in [0, 0.05) is 17.9 Å². The highest BCUT2D eigenvalue weighted by atomic mass is 14.9. The van der Waals surface area contributed by atoms with Crippen molar-refractivity contribution in [1.29, 1.82) is 5.26 Å². The molecule has 3 nitrogen and oxygen atoms in total. The number of aryl methyl sites for hydroxylation is 1. The van der Waals surface area contributed by atoms with E-state index in [1.165, 1.54) is 0 Å². The van der Waals surface area contributed by atoms with Crippen molar-refractivity contribution in [3.05, 3.63) is 83.1 Å². The Bertz CT molecular complexity index is 737. The normalized spacial score (nSPS) is 10.8. The summed E-state index contributed by atoms with van der Waals surface area (Å²) in [5, 5.41) is 12.5. The average Bonchev–Trinajstić information content (AvgIpc) is 2.54. The van der Waals surface area contributed by atoms with Gasteiger partial charge in [-0.05, 0) is 35.8 Å². The van der Waals surface area contributed by atoms with Gasteiger partial charge in [-0.25, -0.2) is 0 Å². The summed E-state index contributed by atoms with van der Waals surface area (Å²) < 4.78 is 0. The van der Waals surface area contributed by atoms with Crippen LogP contribution in [0.1, 0.15) is 16.7 Å². The van der Waals surface area contributed by atoms with Crippen LogP contribution in [-0.4, -0.2) is 0 Å². The highest BCUT2D eigenvalue weighted by molar-refractivity contribution is 5.66. The lowest BCUT2D eigenvalue weighted by molar-refractivity contribution is 0.830. The Morgan fingerprint density at radius 3 is 2.64 bits per heavy atom. The average molecular weight is 289 g/mol. The Morgan fingerprint density at radius 1 is 1.27 bits per heavy atom. The molecule has 22 heavy (non-hydrogen) atoms. The summed E-state index contributed by atoms with van der Waals surface area (Å²) in [6.07, 6.45) is 1.79. The van der Waals surface area contributed by atoms with E-state index in [1.807, 2.05) is 55.5 Å². The summed E-state index contributed by atoms with van der Waals surface area (Å²) in [6, 6.07) is 17.9. The first-order valence-electron chi connectivity index (χ1n) is 7.05. The smallest absolute Gasteiger partial charge is 0.101 e. The van der Waals surface area contributed by atoms with Crippen LogP contribution >= 0.6 is 0 Å². The van der Waals surface area contributed by atoms with Crippen molar-refractivity contribution in [2.75, 3.05) is 5.73 Å². The van der Waals surface area contributed by atoms with Gasteiger partial charge in [-0.1, -0.05) is 49.0 Å². The van der Waals surface area contributed by atoms with Crippen molar-refractivity contribution in [3.8, 4) is 6.07 Å². The molecule has 0 fully saturated rings. The van der Waals surface area contributed by atoms with Gasteiger partial charge in [0.2, 0.25) is 0 Å². The minimum absolute atomic E-state index is 0.499. The van der Waals surface area contributed by atoms with Crippen LogP contribution in [0.5, 0.6) is 0 Å². The largest absolute Gasteiger partial charge is 0.398 e. The van der Waals surface area contributed by atoms with E-state index in [9.17, 15) is 5.26 Å². The highest BCUT2D eigenvalue weighted by Crippen LogP contribution is 2.17. The molecule has 0 unspecified atom stereocenters. The van der Waals surface area contributed by atoms with Crippen molar-refractivity contribution in [1.82, 2.24) is 5.32 Å². The maximum atomic E-state index is 9.33. The minimum atomic E-state index is 0.499. The van der Waals surface area contributed by atoms with Crippen molar-refractivity contribution in [3.63, 3.8) is 0 Å². The number of nitrogens with two attached hydrogens (primary N) is 1. The Morgan fingerprint density at radius 2 is 2.00 bits per heavy atom. The number of nitrogens with one attached hydrogen (secondary N) is 1. The molecule has 2 aromatic rings. The van der Waals surface area contributed by atoms with Crippen LogP contribution in [0.15, 0.2) is 66.4 Å². The van der Waals surface area contributed by atoms with Crippen molar-refractivity contribution in [2.45, 2.75) is 13.5 Å². The van der Waals surface area contributed by atoms with Crippen molar-refractivity contribution < 1.29 is 0 Å². The highest BCUT2D eigenvalue weighted by Gasteiger charge is 2.03. The fourth-order valence-corrected chi connectivity index (χ4v) is 2.00. The molecular weight excluding hydrogens is 270 g/mol. The number of anilines is 1. The lowest BCUT2D eigenvalue weighted by Gasteiger charge is -2.09. The summed E-state index contributed by atoms with van der Waals surface area (Å²) in [4.78, 5) is 0. The standard InChI is InChI=1S/C19H19N3/c1-14-8-9-17(11-19(14)21)10-18(12-20)15(2)22-13-16-6-4-3-5-7-16/h3-11,22H,2,13,21H2,1H3/b18-10+. The van der Waals surface area contributed by atoms with Crippen LogP contribution in [0.3, 0.4) is 0 Å². The Balaban J connectivity index is 2.10. The second kappa shape index (κ2) is 7.14. The van der Waals surface area contributed by atoms with Gasteiger partial charge < -0.3 is 11.1 Å². The monoisotopic (exact) mass is 289 g/mol. The number of benzene rings is 2. The SMILES string of the molecule is C=C(NCc1ccccc1)/C(C#N)=C/c1ccc(C)c(N)c1. The summed E-state index contributed by atoms with van der Waals surface area (Å²) in [5.74, 6) is 0. The first-order valence-corrected chi connectivity index (χ1v) is 7.05. The zero-order valence-electron chi connectivity index (χ0n) is 12.6. The van der Waals surface area contributed by atoms with E-state index in [0.29, 0.717) is 23.5 Å². The molecule has 0 aliphatic heterocycles. The molecule has 0 saturated carbocycles. The zero-order chi connectivity index (χ0) is 15.9. The van der Waals surface area contributed by atoms with Crippen LogP contribution in [0.4, 0.5) is 5.69 Å². The summed E-state index contributed by atoms with van der Waals surface area (Å²) in [7, 11) is 0. The van der Waals surface area contributed by atoms with Gasteiger partial charge in [0.1, 0.15) is 6.07 Å². The number of allylic oxidation sites excluding steroid dienone is 1. The lowest BCUT2D eigenvalue weighted by atomic mass is 10.1. The molecule has 2 aromatic carbocycles. The molecule has 0 bridgehead atoms. The van der Waals surface area contributed by atoms with E-state index in [1.54, 1.807) is 6.08 Å². The molecule has 3 N–H and O–H groups in total. The van der Waals surface area contributed by atoms with E-state index in [-0.39, 0.29) is 0 Å². The van der Waals surface area contributed by atoms with Crippen LogP contribution < -0.4 is 11.1 Å². The second-order valence-electron chi connectivity index (χ2n) is 5.10. The zero-order valence-corrected chi connectivity index (χ0v) is 12.6. The van der Waals surface area contributed by atoms with Crippen LogP contribution in [-0.2, 0) is 6.54 Å². The molecule has 0 spiro atoms. The van der Waals surface area contributed by atoms with Gasteiger partial charge in [-0.2, -0.15) is 5.26 Å². The number of rotatable bonds is 5. The summed E-state index contributed by atoms with van der Waals surface area (Å²) in [5.41, 5.74) is 10.8. The number of hydrogen-bond acceptors (Lipinski definition) is 3. The van der Waals surface area contributed by atoms with Gasteiger partial charge in [-0.3, -0.25) is 0 Å². The topological polar surface area (TPSA) is 61.8 Å². The second-order valence-corrected chi connectivity index (χ2v) is 5.10. The number of nitriles is 1. The molecule has 0 aliphatic carbocycles. The Hall–Kier alpha value is -2.99. The molecule has 0 aliphatic rings. The molecule has 2 rings (SSSR count). The van der Waals surface area contributed by atoms with Crippen LogP contribution in [0, 0.1) is 18.3 Å². The van der Waals surface area contributed by atoms with Gasteiger partial charge in [-0.15, -0.1) is 0 Å². The van der Waals surface area contributed by atoms with E-state index in [0.717, 1.165) is 16.7 Å². The third-order valence-corrected chi connectivity index (χ3v) is 3.41. The number of nitrogen functional groups attached to an aromatic ring is 1. The van der Waals surface area contributed by atoms with E-state index in [2.05, 4.69) is 18.0 Å². The molecule has 0 saturated heterocycles. The molecule has 0 heterocycles. The third-order valence-electron chi connectivity index (χ3n) is 3.41. The van der Waals surface area contributed by atoms with Gasteiger partial charge in [0.25, 0.3) is 0 Å². The molecular formula is C19H19N3. The molecule has 0 amide bonds. The fourth-order valence-electron chi connectivity index (χ4n) is 2.00. The predicted molar refractivity (Wildman–Crippen MR) is 91.6 cm³/mol. The first-order chi connectivity index (χ1) is 10.6. The van der Waals surface area contributed by atoms with Crippen molar-refractivity contribution >= 4 is 11.8 Å². The number of hydrogen-bond donors (Lipinski definition) is 2. The molecule has 0 aromatic heterocycles. The van der Waals surface area contributed by atoms with Crippen LogP contribution in [0.2, 0.25) is 0 Å². The predicted octanol–water partition coefficient (Wildman–Crippen LogP) is 3.79. The lowest BCUT2D eigenvalue weighted by Crippen LogP contribution is -2.13. The third kappa shape index (κ3) is 4.00. The Kier molecular flexibility index (Phi) is 5.00. The first kappa shape index (κ1) is 15.4. The minimum Gasteiger partial charge on any atom is -0.398 e. The number of nitrogens with zero attached hydrogens (tertiary/aromatic N) is 1. The van der Waals surface area contributed by atoms with Gasteiger partial charge in [0.15, 0.2) is 0 Å². The molecule has 3 heteroatoms. The Labute approximate surface area is 131 Å². The van der Waals surface area contributed by atoms with Crippen LogP contribution in [0.25, 0.3) is 6.08 Å². The van der Waals surface area contributed by atoms with Crippen molar-refractivity contribution in [2.24, 2.45) is 0 Å².